The predicted octanol–water partition coefficient (Wildman–Crippen LogP) is 2.73. The molecule has 0 aliphatic rings. The maximum atomic E-state index is 11.6. The van der Waals surface area contributed by atoms with Crippen LogP contribution in [0, 0.1) is 13.8 Å². The van der Waals surface area contributed by atoms with Gasteiger partial charge in [0, 0.05) is 17.5 Å². The van der Waals surface area contributed by atoms with Gasteiger partial charge in [-0.25, -0.2) is 0 Å². The number of aryl methyl sites for hydroxylation is 2. The molecule has 3 heteroatoms. The third-order valence-corrected chi connectivity index (χ3v) is 2.99. The van der Waals surface area contributed by atoms with Crippen LogP contribution >= 0.6 is 0 Å². The van der Waals surface area contributed by atoms with E-state index in [1.54, 1.807) is 6.26 Å². The lowest BCUT2D eigenvalue weighted by Gasteiger charge is -2.02. The molecule has 3 nitrogen and oxygen atoms in total. The first kappa shape index (κ1) is 11.7. The van der Waals surface area contributed by atoms with Gasteiger partial charge in [-0.1, -0.05) is 0 Å². The van der Waals surface area contributed by atoms with E-state index in [9.17, 15) is 4.79 Å². The van der Waals surface area contributed by atoms with Gasteiger partial charge in [-0.2, -0.15) is 0 Å². The van der Waals surface area contributed by atoms with Crippen LogP contribution in [-0.4, -0.2) is 12.5 Å². The summed E-state index contributed by atoms with van der Waals surface area (Å²) in [6, 6.07) is 4.11. The topological polar surface area (TPSA) is 42.2 Å². The van der Waals surface area contributed by atoms with Crippen LogP contribution in [0.2, 0.25) is 0 Å². The van der Waals surface area contributed by atoms with Gasteiger partial charge >= 0.3 is 0 Å². The van der Waals surface area contributed by atoms with Gasteiger partial charge in [0.2, 0.25) is 5.91 Å². The van der Waals surface area contributed by atoms with Crippen molar-refractivity contribution in [1.29, 1.82) is 0 Å². The average molecular weight is 231 g/mol. The van der Waals surface area contributed by atoms with Crippen molar-refractivity contribution in [3.05, 3.63) is 35.1 Å². The molecule has 1 heterocycles. The number of furan rings is 1. The second-order valence-corrected chi connectivity index (χ2v) is 4.32. The molecule has 0 unspecified atom stereocenters. The Morgan fingerprint density at radius 2 is 2.00 bits per heavy atom. The van der Waals surface area contributed by atoms with E-state index in [-0.39, 0.29) is 5.91 Å². The van der Waals surface area contributed by atoms with Crippen LogP contribution in [-0.2, 0) is 11.2 Å². The summed E-state index contributed by atoms with van der Waals surface area (Å²) in [5.41, 5.74) is 4.23. The second-order valence-electron chi connectivity index (χ2n) is 4.32. The van der Waals surface area contributed by atoms with Crippen LogP contribution in [0.15, 0.2) is 22.8 Å². The number of amides is 1. The smallest absolute Gasteiger partial charge is 0.224 e. The van der Waals surface area contributed by atoms with E-state index in [1.165, 1.54) is 11.1 Å². The molecule has 0 bridgehead atoms. The second kappa shape index (κ2) is 4.62. The number of nitrogens with one attached hydrogen (secondary N) is 1. The minimum Gasteiger partial charge on any atom is -0.464 e. The number of hydrogen-bond donors (Lipinski definition) is 1. The number of benzene rings is 1. The first-order valence-corrected chi connectivity index (χ1v) is 5.86. The molecule has 0 fully saturated rings. The van der Waals surface area contributed by atoms with Gasteiger partial charge in [0.25, 0.3) is 0 Å². The largest absolute Gasteiger partial charge is 0.464 e. The van der Waals surface area contributed by atoms with Crippen LogP contribution < -0.4 is 5.32 Å². The van der Waals surface area contributed by atoms with E-state index in [0.717, 1.165) is 16.5 Å². The molecule has 0 saturated heterocycles. The van der Waals surface area contributed by atoms with Crippen molar-refractivity contribution in [3.8, 4) is 0 Å². The van der Waals surface area contributed by atoms with Crippen LogP contribution in [0.25, 0.3) is 11.0 Å². The first-order chi connectivity index (χ1) is 8.11. The summed E-state index contributed by atoms with van der Waals surface area (Å²) < 4.78 is 5.48. The molecule has 17 heavy (non-hydrogen) atoms. The van der Waals surface area contributed by atoms with E-state index in [0.29, 0.717) is 13.0 Å². The van der Waals surface area contributed by atoms with E-state index < -0.39 is 0 Å². The van der Waals surface area contributed by atoms with Gasteiger partial charge < -0.3 is 9.73 Å². The SMILES string of the molecule is CCNC(=O)Cc1coc2cc(C)c(C)cc12. The third kappa shape index (κ3) is 2.33. The van der Waals surface area contributed by atoms with Gasteiger partial charge in [0.1, 0.15) is 5.58 Å². The standard InChI is InChI=1S/C14H17NO2/c1-4-15-14(16)7-11-8-17-13-6-10(3)9(2)5-12(11)13/h5-6,8H,4,7H2,1-3H3,(H,15,16). The van der Waals surface area contributed by atoms with Crippen molar-refractivity contribution >= 4 is 16.9 Å². The molecule has 1 aromatic carbocycles. The quantitative estimate of drug-likeness (QED) is 0.882. The minimum atomic E-state index is 0.0356. The first-order valence-electron chi connectivity index (χ1n) is 5.86. The Hall–Kier alpha value is -1.77. The van der Waals surface area contributed by atoms with Gasteiger partial charge in [-0.05, 0) is 44.0 Å². The highest BCUT2D eigenvalue weighted by Crippen LogP contribution is 2.25. The lowest BCUT2D eigenvalue weighted by atomic mass is 10.0. The molecule has 0 atom stereocenters. The minimum absolute atomic E-state index is 0.0356. The van der Waals surface area contributed by atoms with Crippen LogP contribution in [0.4, 0.5) is 0 Å². The third-order valence-electron chi connectivity index (χ3n) is 2.99. The van der Waals surface area contributed by atoms with Gasteiger partial charge in [-0.15, -0.1) is 0 Å². The highest BCUT2D eigenvalue weighted by molar-refractivity contribution is 5.88. The highest BCUT2D eigenvalue weighted by Gasteiger charge is 2.10. The van der Waals surface area contributed by atoms with E-state index >= 15 is 0 Å². The normalized spacial score (nSPS) is 10.8. The Labute approximate surface area is 101 Å². The van der Waals surface area contributed by atoms with Crippen molar-refractivity contribution in [1.82, 2.24) is 5.32 Å². The average Bonchev–Trinajstić information content (AvgIpc) is 2.63. The summed E-state index contributed by atoms with van der Waals surface area (Å²) in [7, 11) is 0. The van der Waals surface area contributed by atoms with Gasteiger partial charge in [0.05, 0.1) is 12.7 Å². The van der Waals surface area contributed by atoms with Crippen LogP contribution in [0.5, 0.6) is 0 Å². The molecule has 0 aliphatic carbocycles. The Bertz CT molecular complexity index is 555. The van der Waals surface area contributed by atoms with Crippen LogP contribution in [0.1, 0.15) is 23.6 Å². The van der Waals surface area contributed by atoms with Crippen molar-refractivity contribution in [2.75, 3.05) is 6.54 Å². The fourth-order valence-electron chi connectivity index (χ4n) is 1.91. The molecule has 0 aliphatic heterocycles. The maximum Gasteiger partial charge on any atom is 0.224 e. The van der Waals surface area contributed by atoms with E-state index in [1.807, 2.05) is 13.0 Å². The molecular weight excluding hydrogens is 214 g/mol. The summed E-state index contributed by atoms with van der Waals surface area (Å²) >= 11 is 0. The zero-order valence-corrected chi connectivity index (χ0v) is 10.5. The lowest BCUT2D eigenvalue weighted by molar-refractivity contribution is -0.120. The fourth-order valence-corrected chi connectivity index (χ4v) is 1.91. The zero-order valence-electron chi connectivity index (χ0n) is 10.5. The maximum absolute atomic E-state index is 11.6. The monoisotopic (exact) mass is 231 g/mol. The summed E-state index contributed by atoms with van der Waals surface area (Å²) in [5, 5.41) is 3.83. The molecule has 2 rings (SSSR count). The summed E-state index contributed by atoms with van der Waals surface area (Å²) in [5.74, 6) is 0.0356. The molecule has 0 saturated carbocycles. The fraction of sp³-hybridized carbons (Fsp3) is 0.357. The highest BCUT2D eigenvalue weighted by atomic mass is 16.3. The molecular formula is C14H17NO2. The van der Waals surface area contributed by atoms with E-state index in [2.05, 4.69) is 25.2 Å². The molecule has 0 spiro atoms. The number of fused-ring (bicyclic) bond motifs is 1. The van der Waals surface area contributed by atoms with Crippen molar-refractivity contribution in [2.24, 2.45) is 0 Å². The molecule has 1 amide bonds. The van der Waals surface area contributed by atoms with Gasteiger partial charge in [-0.3, -0.25) is 4.79 Å². The predicted molar refractivity (Wildman–Crippen MR) is 68.1 cm³/mol. The molecule has 0 radical (unpaired) electrons. The number of rotatable bonds is 3. The molecule has 1 N–H and O–H groups in total. The lowest BCUT2D eigenvalue weighted by Crippen LogP contribution is -2.24. The summed E-state index contributed by atoms with van der Waals surface area (Å²) in [6.45, 7) is 6.70. The summed E-state index contributed by atoms with van der Waals surface area (Å²) in [6.07, 6.45) is 2.06. The summed E-state index contributed by atoms with van der Waals surface area (Å²) in [4.78, 5) is 11.6. The number of likely N-dealkylation sites (N-methyl/N-ethyl adjacent to an activating group) is 1. The Morgan fingerprint density at radius 1 is 1.29 bits per heavy atom. The number of hydrogen-bond acceptors (Lipinski definition) is 2. The molecule has 90 valence electrons. The van der Waals surface area contributed by atoms with Crippen LogP contribution in [0.3, 0.4) is 0 Å². The molecule has 1 aromatic heterocycles. The van der Waals surface area contributed by atoms with Gasteiger partial charge in [0.15, 0.2) is 0 Å². The number of carbonyl (C=O) groups is 1. The molecule has 2 aromatic rings. The Kier molecular flexibility index (Phi) is 3.18. The zero-order chi connectivity index (χ0) is 12.4. The van der Waals surface area contributed by atoms with Crippen molar-refractivity contribution in [3.63, 3.8) is 0 Å². The number of carbonyl (C=O) groups excluding carboxylic acids is 1. The van der Waals surface area contributed by atoms with Crippen molar-refractivity contribution in [2.45, 2.75) is 27.2 Å². The Morgan fingerprint density at radius 3 is 2.71 bits per heavy atom. The van der Waals surface area contributed by atoms with Crippen molar-refractivity contribution < 1.29 is 9.21 Å². The van der Waals surface area contributed by atoms with E-state index in [4.69, 9.17) is 4.42 Å². The Balaban J connectivity index is 2.36.